The van der Waals surface area contributed by atoms with Crippen LogP contribution in [0.1, 0.15) is 35.9 Å². The van der Waals surface area contributed by atoms with E-state index < -0.39 is 56.1 Å². The Morgan fingerprint density at radius 2 is 1.87 bits per heavy atom. The van der Waals surface area contributed by atoms with E-state index in [0.717, 1.165) is 30.5 Å². The van der Waals surface area contributed by atoms with E-state index in [1.807, 2.05) is 4.98 Å². The summed E-state index contributed by atoms with van der Waals surface area (Å²) in [5.41, 5.74) is -1.25. The fourth-order valence-electron chi connectivity index (χ4n) is 2.50. The third-order valence-corrected chi connectivity index (χ3v) is 4.69. The largest absolute Gasteiger partial charge is 0.573 e. The van der Waals surface area contributed by atoms with E-state index >= 15 is 0 Å². The lowest BCUT2D eigenvalue weighted by Crippen LogP contribution is -2.33. The second-order valence-corrected chi connectivity index (χ2v) is 8.57. The monoisotopic (exact) mass is 451 g/mol. The van der Waals surface area contributed by atoms with Gasteiger partial charge in [-0.25, -0.2) is 17.8 Å². The smallest absolute Gasteiger partial charge is 0.403 e. The van der Waals surface area contributed by atoms with Crippen molar-refractivity contribution in [2.24, 2.45) is 5.92 Å². The van der Waals surface area contributed by atoms with Crippen LogP contribution in [-0.2, 0) is 9.84 Å². The number of benzene rings is 1. The maximum atomic E-state index is 14.0. The number of sulfone groups is 1. The van der Waals surface area contributed by atoms with Gasteiger partial charge in [-0.15, -0.1) is 13.2 Å². The molecule has 1 unspecified atom stereocenters. The highest BCUT2D eigenvalue weighted by atomic mass is 32.2. The molecule has 1 aromatic carbocycles. The summed E-state index contributed by atoms with van der Waals surface area (Å²) in [6.07, 6.45) is -4.28. The van der Waals surface area contributed by atoms with Crippen LogP contribution in [0.5, 0.6) is 5.75 Å². The van der Waals surface area contributed by atoms with Crippen molar-refractivity contribution in [2.45, 2.75) is 31.4 Å². The Kier molecular flexibility index (Phi) is 6.54. The second-order valence-electron chi connectivity index (χ2n) is 6.64. The molecule has 2 rings (SSSR count). The van der Waals surface area contributed by atoms with Gasteiger partial charge in [0.15, 0.2) is 11.6 Å². The van der Waals surface area contributed by atoms with Crippen LogP contribution in [0.25, 0.3) is 0 Å². The highest BCUT2D eigenvalue weighted by molar-refractivity contribution is 7.90. The number of hydrogen-bond acceptors (Lipinski definition) is 6. The summed E-state index contributed by atoms with van der Waals surface area (Å²) in [4.78, 5) is 29.8. The molecule has 1 aromatic heterocycles. The summed E-state index contributed by atoms with van der Waals surface area (Å²) in [6, 6.07) is 2.58. The molecule has 1 heterocycles. The molecule has 2 N–H and O–H groups in total. The molecule has 0 radical (unpaired) electrons. The van der Waals surface area contributed by atoms with E-state index in [2.05, 4.69) is 15.0 Å². The second kappa shape index (κ2) is 8.42. The van der Waals surface area contributed by atoms with E-state index in [1.54, 1.807) is 13.8 Å². The highest BCUT2D eigenvalue weighted by Crippen LogP contribution is 2.30. The Labute approximate surface area is 168 Å². The minimum Gasteiger partial charge on any atom is -0.403 e. The molecule has 13 heteroatoms. The van der Waals surface area contributed by atoms with Gasteiger partial charge >= 0.3 is 6.36 Å². The zero-order valence-electron chi connectivity index (χ0n) is 15.9. The number of amides is 1. The molecule has 164 valence electrons. The van der Waals surface area contributed by atoms with Gasteiger partial charge in [0.1, 0.15) is 5.69 Å². The van der Waals surface area contributed by atoms with E-state index in [4.69, 9.17) is 0 Å². The summed E-state index contributed by atoms with van der Waals surface area (Å²) in [5.74, 6) is -3.62. The number of aromatic amines is 1. The number of aromatic nitrogens is 2. The summed E-state index contributed by atoms with van der Waals surface area (Å²) in [7, 11) is -3.91. The molecule has 0 saturated carbocycles. The number of H-pyrrole nitrogens is 1. The first kappa shape index (κ1) is 23.3. The van der Waals surface area contributed by atoms with Crippen molar-refractivity contribution in [1.29, 1.82) is 0 Å². The maximum absolute atomic E-state index is 14.0. The van der Waals surface area contributed by atoms with Gasteiger partial charge in [-0.2, -0.15) is 0 Å². The molecule has 0 saturated heterocycles. The average molecular weight is 451 g/mol. The lowest BCUT2D eigenvalue weighted by Gasteiger charge is -2.23. The molecule has 1 atom stereocenters. The van der Waals surface area contributed by atoms with Crippen LogP contribution < -0.4 is 15.6 Å². The summed E-state index contributed by atoms with van der Waals surface area (Å²) in [5, 5.41) is 1.76. The van der Waals surface area contributed by atoms with Crippen LogP contribution >= 0.6 is 0 Å². The van der Waals surface area contributed by atoms with Crippen molar-refractivity contribution < 1.29 is 35.5 Å². The van der Waals surface area contributed by atoms with Crippen molar-refractivity contribution in [3.8, 4) is 5.75 Å². The maximum Gasteiger partial charge on any atom is 0.573 e. The Hall–Kier alpha value is -2.96. The first-order valence-corrected chi connectivity index (χ1v) is 10.2. The fraction of sp³-hybridized carbons (Fsp3) is 0.353. The Balaban J connectivity index is 2.35. The van der Waals surface area contributed by atoms with E-state index in [-0.39, 0.29) is 11.5 Å². The average Bonchev–Trinajstić information content (AvgIpc) is 2.58. The van der Waals surface area contributed by atoms with Gasteiger partial charge in [-0.3, -0.25) is 14.6 Å². The van der Waals surface area contributed by atoms with Gasteiger partial charge in [-0.05, 0) is 23.6 Å². The van der Waals surface area contributed by atoms with Gasteiger partial charge in [0.2, 0.25) is 15.0 Å². The summed E-state index contributed by atoms with van der Waals surface area (Å²) < 4.78 is 77.7. The van der Waals surface area contributed by atoms with Crippen LogP contribution in [0, 0.1) is 11.7 Å². The van der Waals surface area contributed by atoms with Crippen molar-refractivity contribution in [3.63, 3.8) is 0 Å². The van der Waals surface area contributed by atoms with Crippen molar-refractivity contribution in [3.05, 3.63) is 51.7 Å². The van der Waals surface area contributed by atoms with Crippen molar-refractivity contribution >= 4 is 15.7 Å². The third-order valence-electron chi connectivity index (χ3n) is 3.80. The molecule has 0 bridgehead atoms. The van der Waals surface area contributed by atoms with Gasteiger partial charge in [0, 0.05) is 12.3 Å². The zero-order valence-corrected chi connectivity index (χ0v) is 16.7. The number of nitrogens with one attached hydrogen (secondary N) is 2. The topological polar surface area (TPSA) is 118 Å². The quantitative estimate of drug-likeness (QED) is 0.514. The van der Waals surface area contributed by atoms with Gasteiger partial charge in [0.05, 0.1) is 6.04 Å². The normalized spacial score (nSPS) is 13.2. The van der Waals surface area contributed by atoms with Gasteiger partial charge in [0.25, 0.3) is 11.5 Å². The fourth-order valence-corrected chi connectivity index (χ4v) is 3.05. The first-order valence-electron chi connectivity index (χ1n) is 8.35. The van der Waals surface area contributed by atoms with Crippen LogP contribution in [0.3, 0.4) is 0 Å². The Morgan fingerprint density at radius 3 is 2.37 bits per heavy atom. The molecule has 0 aliphatic heterocycles. The lowest BCUT2D eigenvalue weighted by atomic mass is 9.95. The Morgan fingerprint density at radius 1 is 1.23 bits per heavy atom. The molecule has 0 aliphatic carbocycles. The molecule has 8 nitrogen and oxygen atoms in total. The molecule has 0 spiro atoms. The number of nitrogens with zero attached hydrogens (tertiary/aromatic N) is 1. The van der Waals surface area contributed by atoms with Crippen LogP contribution in [0.4, 0.5) is 17.6 Å². The summed E-state index contributed by atoms with van der Waals surface area (Å²) in [6.45, 7) is 3.30. The summed E-state index contributed by atoms with van der Waals surface area (Å²) >= 11 is 0. The van der Waals surface area contributed by atoms with E-state index in [0.29, 0.717) is 0 Å². The zero-order chi connectivity index (χ0) is 22.9. The number of rotatable bonds is 6. The van der Waals surface area contributed by atoms with Gasteiger partial charge < -0.3 is 10.1 Å². The van der Waals surface area contributed by atoms with Crippen molar-refractivity contribution in [2.75, 3.05) is 6.26 Å². The number of hydrogen-bond donors (Lipinski definition) is 2. The van der Waals surface area contributed by atoms with Crippen LogP contribution in [0.15, 0.2) is 34.2 Å². The van der Waals surface area contributed by atoms with Crippen LogP contribution in [0.2, 0.25) is 0 Å². The van der Waals surface area contributed by atoms with Crippen LogP contribution in [-0.4, -0.2) is 36.9 Å². The lowest BCUT2D eigenvalue weighted by molar-refractivity contribution is -0.275. The number of carbonyl (C=O) groups excluding carboxylic acids is 1. The molecular formula is C17H17F4N3O5S. The predicted molar refractivity (Wildman–Crippen MR) is 96.1 cm³/mol. The third kappa shape index (κ3) is 6.02. The van der Waals surface area contributed by atoms with E-state index in [9.17, 15) is 35.6 Å². The molecule has 0 aliphatic rings. The minimum absolute atomic E-state index is 0.124. The Bertz CT molecular complexity index is 1110. The highest BCUT2D eigenvalue weighted by Gasteiger charge is 2.32. The predicted octanol–water partition coefficient (Wildman–Crippen LogP) is 2.34. The minimum atomic E-state index is -5.07. The van der Waals surface area contributed by atoms with Gasteiger partial charge in [-0.1, -0.05) is 19.9 Å². The molecular weight excluding hydrogens is 434 g/mol. The first-order chi connectivity index (χ1) is 13.7. The van der Waals surface area contributed by atoms with E-state index in [1.165, 1.54) is 0 Å². The molecule has 2 aromatic rings. The number of alkyl halides is 3. The molecule has 0 fully saturated rings. The number of halogens is 4. The molecule has 30 heavy (non-hydrogen) atoms. The SMILES string of the molecule is CC(C)C(NC(=O)c1cc(=O)[nH]c(S(C)(=O)=O)n1)c1ccc(OC(F)(F)F)c(F)c1. The standard InChI is InChI=1S/C17H17F4N3O5S/c1-8(2)14(9-4-5-12(10(18)6-9)29-17(19,20)21)24-15(26)11-7-13(25)23-16(22-11)30(3,27)28/h4-8,14H,1-3H3,(H,24,26)(H,22,23,25). The van der Waals surface area contributed by atoms with Crippen molar-refractivity contribution in [1.82, 2.24) is 15.3 Å². The number of carbonyl (C=O) groups is 1. The number of ether oxygens (including phenoxy) is 1. The molecule has 1 amide bonds.